The highest BCUT2D eigenvalue weighted by molar-refractivity contribution is 6.34. The fourth-order valence-corrected chi connectivity index (χ4v) is 2.47. The zero-order valence-electron chi connectivity index (χ0n) is 11.5. The van der Waals surface area contributed by atoms with E-state index in [0.717, 1.165) is 5.56 Å². The molecule has 21 heavy (non-hydrogen) atoms. The third-order valence-corrected chi connectivity index (χ3v) is 3.47. The second kappa shape index (κ2) is 6.47. The second-order valence-electron chi connectivity index (χ2n) is 4.78. The molecule has 2 aromatic rings. The fraction of sp³-hybridized carbons (Fsp3) is 0.286. The SMILES string of the molecule is C[C@H](NC(=O)[C@H](O)c1cc(Cl)cc(Cl)c1)c1cnn(C)c1. The van der Waals surface area contributed by atoms with Crippen molar-refractivity contribution < 1.29 is 9.90 Å². The largest absolute Gasteiger partial charge is 0.378 e. The zero-order chi connectivity index (χ0) is 15.6. The third-order valence-electron chi connectivity index (χ3n) is 3.03. The fourth-order valence-electron chi connectivity index (χ4n) is 1.92. The lowest BCUT2D eigenvalue weighted by Gasteiger charge is -2.16. The topological polar surface area (TPSA) is 67.2 Å². The van der Waals surface area contributed by atoms with Crippen LogP contribution < -0.4 is 5.32 Å². The van der Waals surface area contributed by atoms with E-state index in [0.29, 0.717) is 15.6 Å². The Morgan fingerprint density at radius 3 is 2.43 bits per heavy atom. The van der Waals surface area contributed by atoms with Gasteiger partial charge in [-0.1, -0.05) is 23.2 Å². The molecule has 0 saturated heterocycles. The summed E-state index contributed by atoms with van der Waals surface area (Å²) in [5.74, 6) is -0.523. The summed E-state index contributed by atoms with van der Waals surface area (Å²) in [4.78, 5) is 12.1. The Kier molecular flexibility index (Phi) is 4.88. The molecule has 1 aromatic carbocycles. The number of halogens is 2. The Bertz CT molecular complexity index is 637. The van der Waals surface area contributed by atoms with Gasteiger partial charge in [-0.25, -0.2) is 0 Å². The van der Waals surface area contributed by atoms with E-state index in [-0.39, 0.29) is 6.04 Å². The number of aryl methyl sites for hydroxylation is 1. The highest BCUT2D eigenvalue weighted by Gasteiger charge is 2.21. The van der Waals surface area contributed by atoms with Gasteiger partial charge in [-0.05, 0) is 30.7 Å². The van der Waals surface area contributed by atoms with E-state index in [1.165, 1.54) is 18.2 Å². The Morgan fingerprint density at radius 2 is 1.90 bits per heavy atom. The first-order chi connectivity index (χ1) is 9.86. The minimum atomic E-state index is -1.33. The highest BCUT2D eigenvalue weighted by Crippen LogP contribution is 2.24. The van der Waals surface area contributed by atoms with Crippen molar-refractivity contribution in [2.75, 3.05) is 0 Å². The van der Waals surface area contributed by atoms with E-state index >= 15 is 0 Å². The molecule has 0 fully saturated rings. The van der Waals surface area contributed by atoms with Gasteiger partial charge in [0, 0.05) is 28.9 Å². The number of nitrogens with one attached hydrogen (secondary N) is 1. The first-order valence-electron chi connectivity index (χ1n) is 6.30. The summed E-state index contributed by atoms with van der Waals surface area (Å²) >= 11 is 11.7. The predicted octanol–water partition coefficient (Wildman–Crippen LogP) is 2.64. The van der Waals surface area contributed by atoms with Gasteiger partial charge in [0.1, 0.15) is 0 Å². The number of hydrogen-bond donors (Lipinski definition) is 2. The van der Waals surface area contributed by atoms with Crippen LogP contribution in [0.25, 0.3) is 0 Å². The summed E-state index contributed by atoms with van der Waals surface area (Å²) in [6, 6.07) is 4.28. The van der Waals surface area contributed by atoms with Crippen molar-refractivity contribution in [3.63, 3.8) is 0 Å². The average Bonchev–Trinajstić information content (AvgIpc) is 2.83. The van der Waals surface area contributed by atoms with E-state index in [9.17, 15) is 9.90 Å². The van der Waals surface area contributed by atoms with E-state index in [1.54, 1.807) is 24.1 Å². The van der Waals surface area contributed by atoms with Gasteiger partial charge in [0.2, 0.25) is 0 Å². The van der Waals surface area contributed by atoms with E-state index in [2.05, 4.69) is 10.4 Å². The Balaban J connectivity index is 2.08. The van der Waals surface area contributed by atoms with Crippen molar-refractivity contribution in [1.82, 2.24) is 15.1 Å². The monoisotopic (exact) mass is 327 g/mol. The number of carbonyl (C=O) groups is 1. The van der Waals surface area contributed by atoms with Crippen LogP contribution in [0.4, 0.5) is 0 Å². The Morgan fingerprint density at radius 1 is 1.29 bits per heavy atom. The molecule has 0 aliphatic rings. The predicted molar refractivity (Wildman–Crippen MR) is 81.2 cm³/mol. The van der Waals surface area contributed by atoms with Crippen LogP contribution in [0.3, 0.4) is 0 Å². The molecule has 2 N–H and O–H groups in total. The molecular formula is C14H15Cl2N3O2. The van der Waals surface area contributed by atoms with Gasteiger partial charge in [0.15, 0.2) is 6.10 Å². The molecular weight excluding hydrogens is 313 g/mol. The quantitative estimate of drug-likeness (QED) is 0.907. The zero-order valence-corrected chi connectivity index (χ0v) is 13.1. The van der Waals surface area contributed by atoms with Crippen LogP contribution in [-0.4, -0.2) is 20.8 Å². The molecule has 7 heteroatoms. The molecule has 0 aliphatic carbocycles. The minimum absolute atomic E-state index is 0.268. The molecule has 0 radical (unpaired) electrons. The third kappa shape index (κ3) is 3.97. The molecule has 1 aromatic heterocycles. The molecule has 5 nitrogen and oxygen atoms in total. The van der Waals surface area contributed by atoms with Crippen molar-refractivity contribution in [2.45, 2.75) is 19.1 Å². The van der Waals surface area contributed by atoms with Crippen LogP contribution >= 0.6 is 23.2 Å². The minimum Gasteiger partial charge on any atom is -0.378 e. The number of aliphatic hydroxyl groups is 1. The van der Waals surface area contributed by atoms with Gasteiger partial charge >= 0.3 is 0 Å². The number of carbonyl (C=O) groups excluding carboxylic acids is 1. The number of hydrogen-bond acceptors (Lipinski definition) is 3. The number of aliphatic hydroxyl groups excluding tert-OH is 1. The van der Waals surface area contributed by atoms with Crippen LogP contribution in [0.1, 0.15) is 30.2 Å². The van der Waals surface area contributed by atoms with Gasteiger partial charge in [0.25, 0.3) is 5.91 Å². The standard InChI is InChI=1S/C14H15Cl2N3O2/c1-8(10-6-17-19(2)7-10)18-14(21)13(20)9-3-11(15)5-12(16)4-9/h3-8,13,20H,1-2H3,(H,18,21)/t8-,13+/m0/s1. The number of aromatic nitrogens is 2. The van der Waals surface area contributed by atoms with Crippen molar-refractivity contribution in [3.8, 4) is 0 Å². The summed E-state index contributed by atoms with van der Waals surface area (Å²) in [5.41, 5.74) is 1.20. The summed E-state index contributed by atoms with van der Waals surface area (Å²) in [7, 11) is 1.79. The molecule has 2 atom stereocenters. The van der Waals surface area contributed by atoms with Crippen molar-refractivity contribution in [1.29, 1.82) is 0 Å². The molecule has 0 unspecified atom stereocenters. The molecule has 1 heterocycles. The number of amides is 1. The lowest BCUT2D eigenvalue weighted by atomic mass is 10.1. The van der Waals surface area contributed by atoms with Crippen LogP contribution in [-0.2, 0) is 11.8 Å². The van der Waals surface area contributed by atoms with E-state index < -0.39 is 12.0 Å². The molecule has 0 saturated carbocycles. The first kappa shape index (κ1) is 15.8. The van der Waals surface area contributed by atoms with E-state index in [1.807, 2.05) is 6.92 Å². The van der Waals surface area contributed by atoms with Gasteiger partial charge in [-0.3, -0.25) is 9.48 Å². The maximum Gasteiger partial charge on any atom is 0.253 e. The summed E-state index contributed by atoms with van der Waals surface area (Å²) in [6.07, 6.45) is 2.13. The molecule has 112 valence electrons. The van der Waals surface area contributed by atoms with Gasteiger partial charge in [-0.2, -0.15) is 5.10 Å². The highest BCUT2D eigenvalue weighted by atomic mass is 35.5. The second-order valence-corrected chi connectivity index (χ2v) is 5.66. The summed E-state index contributed by atoms with van der Waals surface area (Å²) < 4.78 is 1.64. The Hall–Kier alpha value is -1.56. The van der Waals surface area contributed by atoms with Crippen LogP contribution in [0.15, 0.2) is 30.6 Å². The lowest BCUT2D eigenvalue weighted by Crippen LogP contribution is -2.31. The summed E-state index contributed by atoms with van der Waals surface area (Å²) in [6.45, 7) is 1.81. The van der Waals surface area contributed by atoms with Crippen molar-refractivity contribution in [3.05, 3.63) is 51.8 Å². The maximum absolute atomic E-state index is 12.1. The number of benzene rings is 1. The number of rotatable bonds is 4. The first-order valence-corrected chi connectivity index (χ1v) is 7.05. The smallest absolute Gasteiger partial charge is 0.253 e. The normalized spacial score (nSPS) is 13.8. The maximum atomic E-state index is 12.1. The molecule has 0 bridgehead atoms. The van der Waals surface area contributed by atoms with Crippen LogP contribution in [0.2, 0.25) is 10.0 Å². The van der Waals surface area contributed by atoms with E-state index in [4.69, 9.17) is 23.2 Å². The average molecular weight is 328 g/mol. The van der Waals surface area contributed by atoms with Gasteiger partial charge in [0.05, 0.1) is 12.2 Å². The van der Waals surface area contributed by atoms with Crippen molar-refractivity contribution >= 4 is 29.1 Å². The Labute approximate surface area is 132 Å². The molecule has 0 aliphatic heterocycles. The summed E-state index contributed by atoms with van der Waals surface area (Å²) in [5, 5.41) is 17.6. The van der Waals surface area contributed by atoms with Gasteiger partial charge < -0.3 is 10.4 Å². The lowest BCUT2D eigenvalue weighted by molar-refractivity contribution is -0.130. The number of nitrogens with zero attached hydrogens (tertiary/aromatic N) is 2. The molecule has 0 spiro atoms. The van der Waals surface area contributed by atoms with Crippen LogP contribution in [0, 0.1) is 0 Å². The molecule has 1 amide bonds. The van der Waals surface area contributed by atoms with Gasteiger partial charge in [-0.15, -0.1) is 0 Å². The molecule has 2 rings (SSSR count). The van der Waals surface area contributed by atoms with Crippen molar-refractivity contribution in [2.24, 2.45) is 7.05 Å². The van der Waals surface area contributed by atoms with Crippen LogP contribution in [0.5, 0.6) is 0 Å².